The topological polar surface area (TPSA) is 26.3 Å². The van der Waals surface area contributed by atoms with Crippen molar-refractivity contribution in [1.29, 1.82) is 0 Å². The maximum absolute atomic E-state index is 12.8. The smallest absolute Gasteiger partial charge is 0.338 e. The Labute approximate surface area is 105 Å². The molecule has 3 heteroatoms. The predicted molar refractivity (Wildman–Crippen MR) is 67.8 cm³/mol. The van der Waals surface area contributed by atoms with E-state index < -0.39 is 0 Å². The minimum Gasteiger partial charge on any atom is -0.462 e. The first-order chi connectivity index (χ1) is 8.70. The molecular weight excluding hydrogens is 231 g/mol. The highest BCUT2D eigenvalue weighted by Crippen LogP contribution is 2.20. The molecule has 0 aliphatic carbocycles. The van der Waals surface area contributed by atoms with Crippen LogP contribution in [0.1, 0.15) is 17.3 Å². The molecule has 18 heavy (non-hydrogen) atoms. The number of carbonyl (C=O) groups excluding carboxylic acids is 1. The normalized spacial score (nSPS) is 10.1. The lowest BCUT2D eigenvalue weighted by molar-refractivity contribution is 0.0526. The van der Waals surface area contributed by atoms with E-state index in [0.29, 0.717) is 12.2 Å². The van der Waals surface area contributed by atoms with Crippen molar-refractivity contribution in [3.63, 3.8) is 0 Å². The lowest BCUT2D eigenvalue weighted by atomic mass is 10.0. The predicted octanol–water partition coefficient (Wildman–Crippen LogP) is 3.67. The van der Waals surface area contributed by atoms with Crippen LogP contribution in [0.25, 0.3) is 11.1 Å². The summed E-state index contributed by atoms with van der Waals surface area (Å²) in [5.74, 6) is -0.593. The fourth-order valence-electron chi connectivity index (χ4n) is 1.66. The van der Waals surface area contributed by atoms with Crippen LogP contribution in [-0.4, -0.2) is 12.6 Å². The van der Waals surface area contributed by atoms with Gasteiger partial charge in [0.2, 0.25) is 0 Å². The summed E-state index contributed by atoms with van der Waals surface area (Å²) in [5.41, 5.74) is 2.36. The molecule has 0 heterocycles. The molecule has 0 radical (unpaired) electrons. The Kier molecular flexibility index (Phi) is 3.72. The third-order valence-corrected chi connectivity index (χ3v) is 2.57. The molecule has 0 fully saturated rings. The van der Waals surface area contributed by atoms with Crippen LogP contribution in [-0.2, 0) is 4.74 Å². The summed E-state index contributed by atoms with van der Waals surface area (Å²) >= 11 is 0. The van der Waals surface area contributed by atoms with Gasteiger partial charge in [0.15, 0.2) is 0 Å². The summed E-state index contributed by atoms with van der Waals surface area (Å²) in [6.07, 6.45) is 0. The maximum Gasteiger partial charge on any atom is 0.338 e. The van der Waals surface area contributed by atoms with Crippen LogP contribution in [0.5, 0.6) is 0 Å². The number of esters is 1. The van der Waals surface area contributed by atoms with Gasteiger partial charge in [0.05, 0.1) is 12.2 Å². The van der Waals surface area contributed by atoms with Gasteiger partial charge in [0, 0.05) is 0 Å². The van der Waals surface area contributed by atoms with Crippen LogP contribution in [0, 0.1) is 5.82 Å². The number of ether oxygens (including phenoxy) is 1. The summed E-state index contributed by atoms with van der Waals surface area (Å²) in [5, 5.41) is 0. The molecule has 2 rings (SSSR count). The summed E-state index contributed by atoms with van der Waals surface area (Å²) in [6, 6.07) is 13.3. The molecule has 0 atom stereocenters. The van der Waals surface area contributed by atoms with E-state index in [1.54, 1.807) is 31.2 Å². The molecule has 2 aromatic rings. The van der Waals surface area contributed by atoms with E-state index in [1.807, 2.05) is 12.1 Å². The van der Waals surface area contributed by atoms with Gasteiger partial charge in [0.25, 0.3) is 0 Å². The molecular formula is C15H13FO2. The van der Waals surface area contributed by atoms with Crippen molar-refractivity contribution in [2.75, 3.05) is 6.61 Å². The third kappa shape index (κ3) is 2.74. The maximum atomic E-state index is 12.8. The van der Waals surface area contributed by atoms with Gasteiger partial charge in [-0.25, -0.2) is 9.18 Å². The molecule has 0 bridgehead atoms. The highest BCUT2D eigenvalue weighted by molar-refractivity contribution is 5.90. The number of carbonyl (C=O) groups is 1. The van der Waals surface area contributed by atoms with Crippen molar-refractivity contribution < 1.29 is 13.9 Å². The largest absolute Gasteiger partial charge is 0.462 e. The highest BCUT2D eigenvalue weighted by Gasteiger charge is 2.06. The van der Waals surface area contributed by atoms with Crippen molar-refractivity contribution in [1.82, 2.24) is 0 Å². The lowest BCUT2D eigenvalue weighted by Crippen LogP contribution is -2.03. The van der Waals surface area contributed by atoms with Crippen molar-refractivity contribution in [2.45, 2.75) is 6.92 Å². The Bertz CT molecular complexity index is 529. The molecule has 0 spiro atoms. The number of hydrogen-bond donors (Lipinski definition) is 0. The van der Waals surface area contributed by atoms with Gasteiger partial charge in [-0.3, -0.25) is 0 Å². The Morgan fingerprint density at radius 2 is 1.50 bits per heavy atom. The molecule has 0 N–H and O–H groups in total. The van der Waals surface area contributed by atoms with Gasteiger partial charge in [-0.15, -0.1) is 0 Å². The summed E-state index contributed by atoms with van der Waals surface area (Å²) in [6.45, 7) is 2.13. The fourth-order valence-corrected chi connectivity index (χ4v) is 1.66. The molecule has 0 aliphatic rings. The average molecular weight is 244 g/mol. The third-order valence-electron chi connectivity index (χ3n) is 2.57. The van der Waals surface area contributed by atoms with Crippen molar-refractivity contribution in [3.05, 3.63) is 59.9 Å². The van der Waals surface area contributed by atoms with Gasteiger partial charge in [-0.2, -0.15) is 0 Å². The zero-order chi connectivity index (χ0) is 13.0. The minimum atomic E-state index is -0.330. The number of benzene rings is 2. The van der Waals surface area contributed by atoms with E-state index in [0.717, 1.165) is 11.1 Å². The first kappa shape index (κ1) is 12.3. The van der Waals surface area contributed by atoms with Gasteiger partial charge in [0.1, 0.15) is 5.82 Å². The van der Waals surface area contributed by atoms with Crippen LogP contribution in [0.3, 0.4) is 0 Å². The van der Waals surface area contributed by atoms with Gasteiger partial charge < -0.3 is 4.74 Å². The molecule has 0 aromatic heterocycles. The number of hydrogen-bond acceptors (Lipinski definition) is 2. The molecule has 0 unspecified atom stereocenters. The van der Waals surface area contributed by atoms with Gasteiger partial charge in [-0.05, 0) is 42.3 Å². The van der Waals surface area contributed by atoms with E-state index >= 15 is 0 Å². The Balaban J connectivity index is 2.22. The lowest BCUT2D eigenvalue weighted by Gasteiger charge is -2.04. The summed E-state index contributed by atoms with van der Waals surface area (Å²) < 4.78 is 17.7. The van der Waals surface area contributed by atoms with Crippen molar-refractivity contribution >= 4 is 5.97 Å². The molecule has 0 aliphatic heterocycles. The van der Waals surface area contributed by atoms with E-state index in [-0.39, 0.29) is 11.8 Å². The van der Waals surface area contributed by atoms with Crippen LogP contribution in [0.4, 0.5) is 4.39 Å². The van der Waals surface area contributed by atoms with Crippen LogP contribution in [0.15, 0.2) is 48.5 Å². The van der Waals surface area contributed by atoms with E-state index in [9.17, 15) is 9.18 Å². The van der Waals surface area contributed by atoms with E-state index in [2.05, 4.69) is 0 Å². The van der Waals surface area contributed by atoms with Crippen LogP contribution in [0.2, 0.25) is 0 Å². The second-order valence-corrected chi connectivity index (χ2v) is 3.80. The average Bonchev–Trinajstić information content (AvgIpc) is 2.40. The number of halogens is 1. The zero-order valence-corrected chi connectivity index (χ0v) is 10.0. The van der Waals surface area contributed by atoms with Crippen LogP contribution < -0.4 is 0 Å². The molecule has 0 saturated carbocycles. The molecule has 92 valence electrons. The zero-order valence-electron chi connectivity index (χ0n) is 10.0. The quantitative estimate of drug-likeness (QED) is 0.770. The van der Waals surface area contributed by atoms with Gasteiger partial charge in [-0.1, -0.05) is 24.3 Å². The summed E-state index contributed by atoms with van der Waals surface area (Å²) in [4.78, 5) is 11.5. The summed E-state index contributed by atoms with van der Waals surface area (Å²) in [7, 11) is 0. The minimum absolute atomic E-state index is 0.262. The van der Waals surface area contributed by atoms with E-state index in [4.69, 9.17) is 4.74 Å². The second kappa shape index (κ2) is 5.45. The van der Waals surface area contributed by atoms with Gasteiger partial charge >= 0.3 is 5.97 Å². The van der Waals surface area contributed by atoms with E-state index in [1.165, 1.54) is 12.1 Å². The van der Waals surface area contributed by atoms with Crippen LogP contribution >= 0.6 is 0 Å². The number of rotatable bonds is 3. The Morgan fingerprint density at radius 3 is 2.00 bits per heavy atom. The highest BCUT2D eigenvalue weighted by atomic mass is 19.1. The molecule has 2 aromatic carbocycles. The Morgan fingerprint density at radius 1 is 1.00 bits per heavy atom. The monoisotopic (exact) mass is 244 g/mol. The second-order valence-electron chi connectivity index (χ2n) is 3.80. The molecule has 2 nitrogen and oxygen atoms in total. The Hall–Kier alpha value is -2.16. The molecule has 0 saturated heterocycles. The fraction of sp³-hybridized carbons (Fsp3) is 0.133. The molecule has 0 amide bonds. The van der Waals surface area contributed by atoms with Crippen molar-refractivity contribution in [3.8, 4) is 11.1 Å². The standard InChI is InChI=1S/C15H13FO2/c1-2-18-15(17)13-5-3-11(4-6-13)12-7-9-14(16)10-8-12/h3-10H,2H2,1H3. The first-order valence-corrected chi connectivity index (χ1v) is 5.74. The first-order valence-electron chi connectivity index (χ1n) is 5.74. The SMILES string of the molecule is CCOC(=O)c1ccc(-c2ccc(F)cc2)cc1. The van der Waals surface area contributed by atoms with Crippen molar-refractivity contribution in [2.24, 2.45) is 0 Å².